The number of carboxylic acid groups (broad SMARTS) is 1. The molecule has 5 nitrogen and oxygen atoms in total. The number of amides is 1. The molecule has 82 valence electrons. The van der Waals surface area contributed by atoms with Crippen LogP contribution < -0.4 is 10.6 Å². The van der Waals surface area contributed by atoms with Gasteiger partial charge in [0.25, 0.3) is 5.91 Å². The van der Waals surface area contributed by atoms with Crippen molar-refractivity contribution in [2.24, 2.45) is 11.7 Å². The molecule has 0 radical (unpaired) electrons. The summed E-state index contributed by atoms with van der Waals surface area (Å²) in [4.78, 5) is 22.2. The van der Waals surface area contributed by atoms with Gasteiger partial charge in [0.05, 0.1) is 19.5 Å². The van der Waals surface area contributed by atoms with Gasteiger partial charge < -0.3 is 15.7 Å². The highest BCUT2D eigenvalue weighted by Gasteiger charge is 2.17. The van der Waals surface area contributed by atoms with Crippen LogP contribution in [0.25, 0.3) is 0 Å². The molecule has 0 aromatic rings. The fourth-order valence-corrected chi connectivity index (χ4v) is 1.31. The molecule has 0 aromatic carbocycles. The molecule has 0 aliphatic rings. The molecule has 14 heavy (non-hydrogen) atoms. The number of aliphatic carboxylic acids is 1. The highest BCUT2D eigenvalue weighted by molar-refractivity contribution is 5.74. The zero-order valence-electron chi connectivity index (χ0n) is 8.75. The minimum atomic E-state index is -0.764. The number of quaternary nitrogens is 1. The minimum Gasteiger partial charge on any atom is -0.481 e. The van der Waals surface area contributed by atoms with E-state index in [4.69, 9.17) is 10.8 Å². The van der Waals surface area contributed by atoms with Crippen molar-refractivity contribution < 1.29 is 19.6 Å². The number of nitrogens with two attached hydrogens (primary N) is 1. The van der Waals surface area contributed by atoms with Gasteiger partial charge in [-0.2, -0.15) is 0 Å². The number of carboxylic acids is 1. The lowest BCUT2D eigenvalue weighted by Crippen LogP contribution is -3.10. The van der Waals surface area contributed by atoms with E-state index in [1.54, 1.807) is 0 Å². The van der Waals surface area contributed by atoms with Gasteiger partial charge in [-0.25, -0.2) is 0 Å². The van der Waals surface area contributed by atoms with Crippen LogP contribution in [0.4, 0.5) is 0 Å². The molecular formula is C9H19N2O3+. The molecule has 0 bridgehead atoms. The maximum absolute atomic E-state index is 10.7. The molecule has 1 amide bonds. The van der Waals surface area contributed by atoms with Gasteiger partial charge >= 0.3 is 5.97 Å². The van der Waals surface area contributed by atoms with Crippen LogP contribution in [0.1, 0.15) is 19.8 Å². The first-order valence-corrected chi connectivity index (χ1v) is 4.79. The maximum Gasteiger partial charge on any atom is 0.306 e. The fraction of sp³-hybridized carbons (Fsp3) is 0.778. The number of rotatable bonds is 7. The van der Waals surface area contributed by atoms with Crippen molar-refractivity contribution in [3.8, 4) is 0 Å². The van der Waals surface area contributed by atoms with E-state index >= 15 is 0 Å². The second kappa shape index (κ2) is 6.37. The van der Waals surface area contributed by atoms with Gasteiger partial charge in [-0.1, -0.05) is 6.92 Å². The van der Waals surface area contributed by atoms with Crippen molar-refractivity contribution in [3.05, 3.63) is 0 Å². The first-order chi connectivity index (χ1) is 6.47. The molecule has 0 fully saturated rings. The molecule has 5 heteroatoms. The van der Waals surface area contributed by atoms with E-state index in [1.807, 2.05) is 14.0 Å². The van der Waals surface area contributed by atoms with E-state index in [-0.39, 0.29) is 18.4 Å². The van der Waals surface area contributed by atoms with Crippen LogP contribution in [-0.4, -0.2) is 37.1 Å². The highest BCUT2D eigenvalue weighted by atomic mass is 16.4. The second-order valence-corrected chi connectivity index (χ2v) is 3.58. The summed E-state index contributed by atoms with van der Waals surface area (Å²) in [6.45, 7) is 2.77. The fourth-order valence-electron chi connectivity index (χ4n) is 1.31. The normalized spacial score (nSPS) is 14.7. The third kappa shape index (κ3) is 5.53. The SMILES string of the molecule is CCC(CC[NH+](C)CC(N)=O)C(=O)O. The van der Waals surface area contributed by atoms with Crippen LogP contribution >= 0.6 is 0 Å². The predicted molar refractivity (Wildman–Crippen MR) is 51.8 cm³/mol. The average Bonchev–Trinajstić information content (AvgIpc) is 2.03. The Morgan fingerprint density at radius 1 is 1.50 bits per heavy atom. The highest BCUT2D eigenvalue weighted by Crippen LogP contribution is 2.05. The molecule has 0 saturated carbocycles. The van der Waals surface area contributed by atoms with Gasteiger partial charge in [-0.15, -0.1) is 0 Å². The van der Waals surface area contributed by atoms with Crippen molar-refractivity contribution in [2.75, 3.05) is 20.1 Å². The Morgan fingerprint density at radius 2 is 2.07 bits per heavy atom. The number of hydrogen-bond acceptors (Lipinski definition) is 2. The van der Waals surface area contributed by atoms with Crippen molar-refractivity contribution in [2.45, 2.75) is 19.8 Å². The minimum absolute atomic E-state index is 0.260. The molecule has 0 heterocycles. The Morgan fingerprint density at radius 3 is 2.43 bits per heavy atom. The number of carbonyl (C=O) groups is 2. The summed E-state index contributed by atoms with van der Waals surface area (Å²) in [5, 5.41) is 8.77. The molecule has 0 spiro atoms. The van der Waals surface area contributed by atoms with Gasteiger partial charge in [-0.3, -0.25) is 9.59 Å². The zero-order chi connectivity index (χ0) is 11.1. The zero-order valence-corrected chi connectivity index (χ0v) is 8.75. The summed E-state index contributed by atoms with van der Waals surface area (Å²) in [5.74, 6) is -1.43. The molecule has 2 unspecified atom stereocenters. The standard InChI is InChI=1S/C9H18N2O3/c1-3-7(9(13)14)4-5-11(2)6-8(10)12/h7H,3-6H2,1-2H3,(H2,10,12)(H,13,14)/p+1. The van der Waals surface area contributed by atoms with Crippen LogP contribution in [-0.2, 0) is 9.59 Å². The van der Waals surface area contributed by atoms with Gasteiger partial charge in [0, 0.05) is 6.42 Å². The quantitative estimate of drug-likeness (QED) is 0.470. The smallest absolute Gasteiger partial charge is 0.306 e. The first kappa shape index (κ1) is 12.9. The molecule has 0 aliphatic heterocycles. The lowest BCUT2D eigenvalue weighted by atomic mass is 10.0. The Hall–Kier alpha value is -1.10. The van der Waals surface area contributed by atoms with Gasteiger partial charge in [0.15, 0.2) is 6.54 Å². The molecule has 0 aliphatic carbocycles. The number of hydrogen-bond donors (Lipinski definition) is 3. The monoisotopic (exact) mass is 203 g/mol. The number of carbonyl (C=O) groups excluding carboxylic acids is 1. The van der Waals surface area contributed by atoms with E-state index in [1.165, 1.54) is 0 Å². The van der Waals surface area contributed by atoms with Crippen LogP contribution in [0.15, 0.2) is 0 Å². The third-order valence-corrected chi connectivity index (χ3v) is 2.24. The van der Waals surface area contributed by atoms with Gasteiger partial charge in [0.1, 0.15) is 0 Å². The van der Waals surface area contributed by atoms with Crippen LogP contribution in [0.2, 0.25) is 0 Å². The Labute approximate surface area is 83.9 Å². The van der Waals surface area contributed by atoms with Crippen molar-refractivity contribution in [1.29, 1.82) is 0 Å². The van der Waals surface area contributed by atoms with Crippen molar-refractivity contribution >= 4 is 11.9 Å². The van der Waals surface area contributed by atoms with Gasteiger partial charge in [-0.05, 0) is 6.42 Å². The maximum atomic E-state index is 10.7. The summed E-state index contributed by atoms with van der Waals surface area (Å²) in [6, 6.07) is 0. The lowest BCUT2D eigenvalue weighted by molar-refractivity contribution is -0.871. The average molecular weight is 203 g/mol. The molecular weight excluding hydrogens is 184 g/mol. The number of nitrogens with one attached hydrogen (secondary N) is 1. The third-order valence-electron chi connectivity index (χ3n) is 2.24. The van der Waals surface area contributed by atoms with Crippen LogP contribution in [0.5, 0.6) is 0 Å². The molecule has 4 N–H and O–H groups in total. The van der Waals surface area contributed by atoms with Crippen LogP contribution in [0, 0.1) is 5.92 Å². The van der Waals surface area contributed by atoms with Crippen molar-refractivity contribution in [3.63, 3.8) is 0 Å². The van der Waals surface area contributed by atoms with Gasteiger partial charge in [0.2, 0.25) is 0 Å². The molecule has 0 saturated heterocycles. The first-order valence-electron chi connectivity index (χ1n) is 4.79. The van der Waals surface area contributed by atoms with E-state index in [2.05, 4.69) is 0 Å². The van der Waals surface area contributed by atoms with E-state index in [0.29, 0.717) is 19.4 Å². The summed E-state index contributed by atoms with van der Waals surface area (Å²) in [7, 11) is 1.83. The Kier molecular flexibility index (Phi) is 5.87. The van der Waals surface area contributed by atoms with Crippen molar-refractivity contribution in [1.82, 2.24) is 0 Å². The predicted octanol–water partition coefficient (Wildman–Crippen LogP) is -1.51. The molecule has 0 rings (SSSR count). The van der Waals surface area contributed by atoms with E-state index in [9.17, 15) is 9.59 Å². The summed E-state index contributed by atoms with van der Waals surface area (Å²) in [5.41, 5.74) is 5.02. The van der Waals surface area contributed by atoms with E-state index < -0.39 is 5.97 Å². The summed E-state index contributed by atoms with van der Waals surface area (Å²) >= 11 is 0. The summed E-state index contributed by atoms with van der Waals surface area (Å²) in [6.07, 6.45) is 1.21. The Balaban J connectivity index is 3.79. The van der Waals surface area contributed by atoms with Crippen LogP contribution in [0.3, 0.4) is 0 Å². The molecule has 2 atom stereocenters. The number of primary amides is 1. The number of likely N-dealkylation sites (N-methyl/N-ethyl adjacent to an activating group) is 1. The largest absolute Gasteiger partial charge is 0.481 e. The second-order valence-electron chi connectivity index (χ2n) is 3.58. The topological polar surface area (TPSA) is 84.8 Å². The Bertz CT molecular complexity index is 206. The van der Waals surface area contributed by atoms with E-state index in [0.717, 1.165) is 4.90 Å². The lowest BCUT2D eigenvalue weighted by Gasteiger charge is -2.14. The molecule has 0 aromatic heterocycles. The summed E-state index contributed by atoms with van der Waals surface area (Å²) < 4.78 is 0.